The minimum atomic E-state index is -1.67. The fourth-order valence-electron chi connectivity index (χ4n) is 12.1. The fraction of sp³-hybridized carbons (Fsp3) is 0.881. The molecule has 2 saturated heterocycles. The predicted octanol–water partition coefficient (Wildman–Crippen LogP) is 2.28. The molecule has 4 aliphatic carbocycles. The average molecular weight is 781 g/mol. The molecule has 2 heterocycles. The minimum absolute atomic E-state index is 0.0543. The first-order valence-corrected chi connectivity index (χ1v) is 20.3. The van der Waals surface area contributed by atoms with Crippen LogP contribution in [0.4, 0.5) is 0 Å². The molecule has 0 aromatic carbocycles. The second-order valence-electron chi connectivity index (χ2n) is 19.8. The van der Waals surface area contributed by atoms with Crippen LogP contribution < -0.4 is 0 Å². The summed E-state index contributed by atoms with van der Waals surface area (Å²) >= 11 is 0. The maximum Gasteiger partial charge on any atom is 0.187 e. The van der Waals surface area contributed by atoms with Crippen LogP contribution in [-0.4, -0.2) is 132 Å². The van der Waals surface area contributed by atoms with Gasteiger partial charge in [0.2, 0.25) is 0 Å². The lowest BCUT2D eigenvalue weighted by Crippen LogP contribution is -2.65. The van der Waals surface area contributed by atoms with E-state index in [1.807, 2.05) is 13.0 Å². The number of carbonyl (C=O) groups is 1. The molecule has 0 aromatic rings. The van der Waals surface area contributed by atoms with Crippen LogP contribution in [0.3, 0.4) is 0 Å². The lowest BCUT2D eigenvalue weighted by atomic mass is 9.38. The van der Waals surface area contributed by atoms with Crippen LogP contribution >= 0.6 is 0 Å². The van der Waals surface area contributed by atoms with E-state index in [4.69, 9.17) is 18.9 Å². The lowest BCUT2D eigenvalue weighted by molar-refractivity contribution is -0.372. The zero-order valence-electron chi connectivity index (χ0n) is 34.1. The molecular weight excluding hydrogens is 712 g/mol. The number of rotatable bonds is 9. The van der Waals surface area contributed by atoms with E-state index in [0.717, 1.165) is 18.4 Å². The van der Waals surface area contributed by atoms with Gasteiger partial charge in [-0.1, -0.05) is 58.4 Å². The van der Waals surface area contributed by atoms with E-state index in [9.17, 15) is 45.6 Å². The zero-order chi connectivity index (χ0) is 40.8. The Morgan fingerprint density at radius 3 is 2.16 bits per heavy atom. The van der Waals surface area contributed by atoms with Gasteiger partial charge >= 0.3 is 0 Å². The number of carbonyl (C=O) groups excluding carboxylic acids is 1. The number of hydrogen-bond acceptors (Lipinski definition) is 13. The Morgan fingerprint density at radius 1 is 0.855 bits per heavy atom. The number of fused-ring (bicyclic) bond motifs is 5. The molecular formula is C42H68O13. The molecule has 5 fully saturated rings. The summed E-state index contributed by atoms with van der Waals surface area (Å²) in [5.41, 5.74) is -2.83. The van der Waals surface area contributed by atoms with E-state index in [2.05, 4.69) is 40.7 Å². The first kappa shape index (κ1) is 43.3. The lowest BCUT2D eigenvalue weighted by Gasteiger charge is -2.65. The van der Waals surface area contributed by atoms with Gasteiger partial charge in [0, 0.05) is 17.3 Å². The van der Waals surface area contributed by atoms with Crippen molar-refractivity contribution in [1.29, 1.82) is 0 Å². The van der Waals surface area contributed by atoms with Crippen LogP contribution in [0.5, 0.6) is 0 Å². The molecule has 0 bridgehead atoms. The van der Waals surface area contributed by atoms with E-state index >= 15 is 0 Å². The Hall–Kier alpha value is -1.33. The van der Waals surface area contributed by atoms with E-state index in [1.165, 1.54) is 6.92 Å². The number of Topliss-reactive ketones (excluding diaryl/α,β-unsaturated/α-hetero) is 1. The molecule has 13 heteroatoms. The highest BCUT2D eigenvalue weighted by atomic mass is 16.8. The van der Waals surface area contributed by atoms with Crippen molar-refractivity contribution in [2.45, 2.75) is 186 Å². The smallest absolute Gasteiger partial charge is 0.187 e. The van der Waals surface area contributed by atoms with Gasteiger partial charge in [-0.2, -0.15) is 0 Å². The molecule has 18 atom stereocenters. The van der Waals surface area contributed by atoms with Crippen molar-refractivity contribution < 1.29 is 64.6 Å². The summed E-state index contributed by atoms with van der Waals surface area (Å²) in [5, 5.41) is 85.5. The maximum absolute atomic E-state index is 14.8. The van der Waals surface area contributed by atoms with E-state index < -0.39 is 102 Å². The van der Waals surface area contributed by atoms with Crippen LogP contribution in [0.15, 0.2) is 23.8 Å². The summed E-state index contributed by atoms with van der Waals surface area (Å²) in [6.45, 7) is 17.0. The van der Waals surface area contributed by atoms with E-state index in [1.54, 1.807) is 19.9 Å². The number of allylic oxidation sites excluding steroid dienone is 1. The maximum atomic E-state index is 14.8. The van der Waals surface area contributed by atoms with Crippen molar-refractivity contribution in [3.05, 3.63) is 23.8 Å². The highest BCUT2D eigenvalue weighted by Gasteiger charge is 2.71. The molecule has 6 rings (SSSR count). The second-order valence-corrected chi connectivity index (χ2v) is 19.8. The third kappa shape index (κ3) is 7.03. The average Bonchev–Trinajstić information content (AvgIpc) is 3.37. The van der Waals surface area contributed by atoms with Crippen LogP contribution in [0.25, 0.3) is 0 Å². The summed E-state index contributed by atoms with van der Waals surface area (Å²) < 4.78 is 24.3. The molecule has 6 aliphatic rings. The van der Waals surface area contributed by atoms with Crippen molar-refractivity contribution >= 4 is 5.78 Å². The Labute approximate surface area is 325 Å². The first-order valence-electron chi connectivity index (χ1n) is 20.3. The number of ether oxygens (including phenoxy) is 4. The third-order valence-corrected chi connectivity index (χ3v) is 15.6. The Balaban J connectivity index is 1.25. The first-order chi connectivity index (χ1) is 25.3. The van der Waals surface area contributed by atoms with Gasteiger partial charge in [-0.15, -0.1) is 0 Å². The number of ketones is 1. The highest BCUT2D eigenvalue weighted by molar-refractivity contribution is 5.88. The van der Waals surface area contributed by atoms with Gasteiger partial charge in [0.1, 0.15) is 48.5 Å². The summed E-state index contributed by atoms with van der Waals surface area (Å²) in [7, 11) is 0. The van der Waals surface area contributed by atoms with Crippen molar-refractivity contribution in [2.75, 3.05) is 6.61 Å². The molecule has 8 N–H and O–H groups in total. The summed E-state index contributed by atoms with van der Waals surface area (Å²) in [5.74, 6) is 0.120. The van der Waals surface area contributed by atoms with Crippen LogP contribution in [0, 0.1) is 39.4 Å². The Morgan fingerprint density at radius 2 is 1.53 bits per heavy atom. The monoisotopic (exact) mass is 780 g/mol. The molecule has 13 nitrogen and oxygen atoms in total. The molecule has 0 amide bonds. The zero-order valence-corrected chi connectivity index (χ0v) is 34.1. The standard InChI is InChI=1S/C42H68O13/c1-21-29(45)31(47)33(49)35(52-21)55-34-32(48)30(46)24(20-43)53-36(34)54-28-14-12-23-22(38(28,4)5)11-13-26-39(6)18-15-25(40(39,7)19-27(44)42(23,26)9)41(8,51)17-10-16-37(2,3)50/h10-11,16,21,23-26,28-36,43,45-51H,12-15,17-20H2,1-9H3. The van der Waals surface area contributed by atoms with Crippen molar-refractivity contribution in [1.82, 2.24) is 0 Å². The van der Waals surface area contributed by atoms with Gasteiger partial charge in [0.05, 0.1) is 30.0 Å². The van der Waals surface area contributed by atoms with Crippen LogP contribution in [0.2, 0.25) is 0 Å². The van der Waals surface area contributed by atoms with Crippen molar-refractivity contribution in [3.8, 4) is 0 Å². The van der Waals surface area contributed by atoms with Crippen molar-refractivity contribution in [3.63, 3.8) is 0 Å². The van der Waals surface area contributed by atoms with E-state index in [0.29, 0.717) is 32.1 Å². The van der Waals surface area contributed by atoms with Crippen LogP contribution in [0.1, 0.15) is 107 Å². The molecule has 0 radical (unpaired) electrons. The fourth-order valence-corrected chi connectivity index (χ4v) is 12.1. The summed E-state index contributed by atoms with van der Waals surface area (Å²) in [4.78, 5) is 14.8. The Bertz CT molecular complexity index is 1490. The molecule has 314 valence electrons. The minimum Gasteiger partial charge on any atom is -0.394 e. The van der Waals surface area contributed by atoms with Gasteiger partial charge in [0.25, 0.3) is 0 Å². The van der Waals surface area contributed by atoms with Crippen molar-refractivity contribution in [2.24, 2.45) is 39.4 Å². The van der Waals surface area contributed by atoms with Gasteiger partial charge in [-0.25, -0.2) is 0 Å². The number of aliphatic hydroxyl groups is 8. The molecule has 2 aliphatic heterocycles. The van der Waals surface area contributed by atoms with E-state index in [-0.39, 0.29) is 29.0 Å². The van der Waals surface area contributed by atoms with Crippen LogP contribution in [-0.2, 0) is 23.7 Å². The number of aliphatic hydroxyl groups excluding tert-OH is 6. The highest BCUT2D eigenvalue weighted by Crippen LogP contribution is 2.74. The predicted molar refractivity (Wildman–Crippen MR) is 200 cm³/mol. The molecule has 18 unspecified atom stereocenters. The summed E-state index contributed by atoms with van der Waals surface area (Å²) in [6.07, 6.45) is -4.45. The van der Waals surface area contributed by atoms with Gasteiger partial charge in [-0.05, 0) is 94.8 Å². The number of hydrogen-bond donors (Lipinski definition) is 8. The summed E-state index contributed by atoms with van der Waals surface area (Å²) in [6, 6.07) is 0. The molecule has 0 spiro atoms. The topological polar surface area (TPSA) is 216 Å². The second kappa shape index (κ2) is 14.7. The van der Waals surface area contributed by atoms with Gasteiger partial charge < -0.3 is 59.8 Å². The van der Waals surface area contributed by atoms with Gasteiger partial charge in [-0.3, -0.25) is 4.79 Å². The molecule has 0 aromatic heterocycles. The normalized spacial score (nSPS) is 49.8. The quantitative estimate of drug-likeness (QED) is 0.158. The third-order valence-electron chi connectivity index (χ3n) is 15.6. The molecule has 3 saturated carbocycles. The Kier molecular flexibility index (Phi) is 11.6. The molecule has 55 heavy (non-hydrogen) atoms. The SMILES string of the molecule is CC1OC(OC2C(OC3CCC4C(=CCC5C4(C)C(=O)CC4(C)C(C(C)(O)CC=CC(C)(C)O)CCC54C)C3(C)C)OC(CO)C(O)C2O)C(O)C(O)C1O. The van der Waals surface area contributed by atoms with Gasteiger partial charge in [0.15, 0.2) is 12.6 Å². The largest absolute Gasteiger partial charge is 0.394 e.